The van der Waals surface area contributed by atoms with E-state index in [1.807, 2.05) is 0 Å². The average molecular weight is 251 g/mol. The Labute approximate surface area is 110 Å². The summed E-state index contributed by atoms with van der Waals surface area (Å²) in [6.07, 6.45) is 5.71. The molecule has 4 heteroatoms. The van der Waals surface area contributed by atoms with Crippen LogP contribution in [0.3, 0.4) is 0 Å². The Hall–Kier alpha value is -0.610. The van der Waals surface area contributed by atoms with E-state index in [-0.39, 0.29) is 0 Å². The molecule has 0 radical (unpaired) electrons. The standard InChI is InChI=1S/C14H25N3O/c1-2-16(11-6-7-15-10-11)13-9-14(18)17-8-4-3-5-12(13)17/h11-13,15H,2-10H2,1H3. The molecule has 18 heavy (non-hydrogen) atoms. The maximum Gasteiger partial charge on any atom is 0.224 e. The number of likely N-dealkylation sites (N-methyl/N-ethyl adjacent to an activating group) is 1. The number of carbonyl (C=O) groups excluding carboxylic acids is 1. The normalized spacial score (nSPS) is 36.4. The van der Waals surface area contributed by atoms with Gasteiger partial charge in [0.1, 0.15) is 0 Å². The smallest absolute Gasteiger partial charge is 0.224 e. The molecule has 0 aromatic heterocycles. The Morgan fingerprint density at radius 1 is 1.39 bits per heavy atom. The number of hydrogen-bond acceptors (Lipinski definition) is 3. The Morgan fingerprint density at radius 3 is 3.00 bits per heavy atom. The van der Waals surface area contributed by atoms with Crippen LogP contribution in [0.1, 0.15) is 39.0 Å². The van der Waals surface area contributed by atoms with Crippen LogP contribution in [0.25, 0.3) is 0 Å². The minimum absolute atomic E-state index is 0.397. The first-order valence-corrected chi connectivity index (χ1v) is 7.57. The van der Waals surface area contributed by atoms with Crippen LogP contribution in [0, 0.1) is 0 Å². The Morgan fingerprint density at radius 2 is 2.28 bits per heavy atom. The van der Waals surface area contributed by atoms with E-state index in [0.29, 0.717) is 24.0 Å². The zero-order chi connectivity index (χ0) is 12.5. The highest BCUT2D eigenvalue weighted by molar-refractivity contribution is 5.80. The van der Waals surface area contributed by atoms with Crippen molar-refractivity contribution in [2.24, 2.45) is 0 Å². The lowest BCUT2D eigenvalue weighted by Crippen LogP contribution is -2.51. The first kappa shape index (κ1) is 12.4. The molecule has 4 nitrogen and oxygen atoms in total. The van der Waals surface area contributed by atoms with E-state index >= 15 is 0 Å². The molecular weight excluding hydrogens is 226 g/mol. The van der Waals surface area contributed by atoms with Crippen LogP contribution < -0.4 is 5.32 Å². The van der Waals surface area contributed by atoms with Gasteiger partial charge in [0, 0.05) is 37.6 Å². The highest BCUT2D eigenvalue weighted by atomic mass is 16.2. The third-order valence-electron chi connectivity index (χ3n) is 4.99. The molecule has 3 heterocycles. The molecule has 3 saturated heterocycles. The fourth-order valence-corrected chi connectivity index (χ4v) is 4.12. The predicted molar refractivity (Wildman–Crippen MR) is 71.4 cm³/mol. The van der Waals surface area contributed by atoms with Crippen molar-refractivity contribution in [1.29, 1.82) is 0 Å². The fraction of sp³-hybridized carbons (Fsp3) is 0.929. The largest absolute Gasteiger partial charge is 0.338 e. The molecule has 3 aliphatic heterocycles. The lowest BCUT2D eigenvalue weighted by Gasteiger charge is -2.39. The molecule has 0 aliphatic carbocycles. The van der Waals surface area contributed by atoms with Crippen molar-refractivity contribution >= 4 is 5.91 Å². The number of hydrogen-bond donors (Lipinski definition) is 1. The monoisotopic (exact) mass is 251 g/mol. The van der Waals surface area contributed by atoms with Gasteiger partial charge in [0.2, 0.25) is 5.91 Å². The number of piperidine rings is 1. The second-order valence-corrected chi connectivity index (χ2v) is 5.90. The SMILES string of the molecule is CCN(C1CCNC1)C1CC(=O)N2CCCCC12. The van der Waals surface area contributed by atoms with Gasteiger partial charge >= 0.3 is 0 Å². The van der Waals surface area contributed by atoms with Gasteiger partial charge in [0.25, 0.3) is 0 Å². The Bertz CT molecular complexity index is 314. The minimum atomic E-state index is 0.397. The van der Waals surface area contributed by atoms with Crippen LogP contribution in [-0.2, 0) is 4.79 Å². The van der Waals surface area contributed by atoms with Crippen molar-refractivity contribution < 1.29 is 4.79 Å². The van der Waals surface area contributed by atoms with E-state index in [1.165, 1.54) is 25.7 Å². The molecule has 0 bridgehead atoms. The lowest BCUT2D eigenvalue weighted by molar-refractivity contribution is -0.129. The van der Waals surface area contributed by atoms with Crippen molar-refractivity contribution in [2.45, 2.75) is 57.2 Å². The van der Waals surface area contributed by atoms with Crippen LogP contribution in [0.5, 0.6) is 0 Å². The molecule has 1 N–H and O–H groups in total. The second kappa shape index (κ2) is 5.17. The van der Waals surface area contributed by atoms with E-state index < -0.39 is 0 Å². The molecule has 0 saturated carbocycles. The van der Waals surface area contributed by atoms with Gasteiger partial charge in [-0.2, -0.15) is 0 Å². The van der Waals surface area contributed by atoms with E-state index in [9.17, 15) is 4.79 Å². The number of nitrogens with one attached hydrogen (secondary N) is 1. The highest BCUT2D eigenvalue weighted by Crippen LogP contribution is 2.32. The summed E-state index contributed by atoms with van der Waals surface area (Å²) in [5.41, 5.74) is 0. The number of amides is 1. The first-order valence-electron chi connectivity index (χ1n) is 7.57. The molecule has 3 rings (SSSR count). The average Bonchev–Trinajstić information content (AvgIpc) is 3.01. The maximum absolute atomic E-state index is 12.1. The lowest BCUT2D eigenvalue weighted by atomic mass is 9.96. The minimum Gasteiger partial charge on any atom is -0.338 e. The van der Waals surface area contributed by atoms with Crippen molar-refractivity contribution in [3.05, 3.63) is 0 Å². The van der Waals surface area contributed by atoms with E-state index in [0.717, 1.165) is 32.6 Å². The molecule has 3 atom stereocenters. The summed E-state index contributed by atoms with van der Waals surface area (Å²) in [4.78, 5) is 16.9. The molecule has 0 aromatic carbocycles. The quantitative estimate of drug-likeness (QED) is 0.807. The van der Waals surface area contributed by atoms with Gasteiger partial charge in [-0.05, 0) is 38.8 Å². The van der Waals surface area contributed by atoms with Crippen LogP contribution >= 0.6 is 0 Å². The van der Waals surface area contributed by atoms with Gasteiger partial charge in [-0.3, -0.25) is 9.69 Å². The number of nitrogens with zero attached hydrogens (tertiary/aromatic N) is 2. The summed E-state index contributed by atoms with van der Waals surface area (Å²) in [7, 11) is 0. The summed E-state index contributed by atoms with van der Waals surface area (Å²) in [6, 6.07) is 1.63. The van der Waals surface area contributed by atoms with Crippen LogP contribution in [0.15, 0.2) is 0 Å². The summed E-state index contributed by atoms with van der Waals surface area (Å²) in [5, 5.41) is 3.45. The topological polar surface area (TPSA) is 35.6 Å². The number of carbonyl (C=O) groups is 1. The van der Waals surface area contributed by atoms with Crippen molar-refractivity contribution in [1.82, 2.24) is 15.1 Å². The number of rotatable bonds is 3. The van der Waals surface area contributed by atoms with Gasteiger partial charge in [-0.25, -0.2) is 0 Å². The molecule has 0 spiro atoms. The summed E-state index contributed by atoms with van der Waals surface area (Å²) >= 11 is 0. The van der Waals surface area contributed by atoms with E-state index in [1.54, 1.807) is 0 Å². The predicted octanol–water partition coefficient (Wildman–Crippen LogP) is 0.824. The zero-order valence-corrected chi connectivity index (χ0v) is 11.4. The summed E-state index contributed by atoms with van der Waals surface area (Å²) in [6.45, 7) is 6.56. The van der Waals surface area contributed by atoms with Crippen molar-refractivity contribution in [2.75, 3.05) is 26.2 Å². The van der Waals surface area contributed by atoms with Crippen molar-refractivity contribution in [3.8, 4) is 0 Å². The molecular formula is C14H25N3O. The van der Waals surface area contributed by atoms with Crippen LogP contribution in [-0.4, -0.2) is 60.0 Å². The molecule has 3 unspecified atom stereocenters. The Balaban J connectivity index is 1.75. The fourth-order valence-electron chi connectivity index (χ4n) is 4.12. The van der Waals surface area contributed by atoms with Gasteiger partial charge < -0.3 is 10.2 Å². The third kappa shape index (κ3) is 2.05. The molecule has 0 aromatic rings. The van der Waals surface area contributed by atoms with Crippen LogP contribution in [0.4, 0.5) is 0 Å². The van der Waals surface area contributed by atoms with Crippen LogP contribution in [0.2, 0.25) is 0 Å². The van der Waals surface area contributed by atoms with Gasteiger partial charge in [0.05, 0.1) is 0 Å². The van der Waals surface area contributed by atoms with E-state index in [2.05, 4.69) is 22.0 Å². The zero-order valence-electron chi connectivity index (χ0n) is 11.4. The summed E-state index contributed by atoms with van der Waals surface area (Å²) < 4.78 is 0. The maximum atomic E-state index is 12.1. The Kier molecular flexibility index (Phi) is 3.57. The van der Waals surface area contributed by atoms with Gasteiger partial charge in [0.15, 0.2) is 0 Å². The highest BCUT2D eigenvalue weighted by Gasteiger charge is 2.44. The third-order valence-corrected chi connectivity index (χ3v) is 4.99. The first-order chi connectivity index (χ1) is 8.81. The molecule has 1 amide bonds. The van der Waals surface area contributed by atoms with Gasteiger partial charge in [-0.15, -0.1) is 0 Å². The molecule has 3 fully saturated rings. The van der Waals surface area contributed by atoms with Crippen molar-refractivity contribution in [3.63, 3.8) is 0 Å². The van der Waals surface area contributed by atoms with E-state index in [4.69, 9.17) is 0 Å². The van der Waals surface area contributed by atoms with Gasteiger partial charge in [-0.1, -0.05) is 6.92 Å². The second-order valence-electron chi connectivity index (χ2n) is 5.90. The molecule has 102 valence electrons. The number of fused-ring (bicyclic) bond motifs is 1. The molecule has 3 aliphatic rings. The summed E-state index contributed by atoms with van der Waals surface area (Å²) in [5.74, 6) is 0.397.